The van der Waals surface area contributed by atoms with Crippen LogP contribution in [0.4, 0.5) is 13.2 Å². The molecule has 0 aromatic rings. The molecule has 0 radical (unpaired) electrons. The smallest absolute Gasteiger partial charge is 0.413 e. The number of rotatable bonds is 6. The minimum absolute atomic E-state index is 0.331. The molecular weight excluding hydrogens is 245 g/mol. The van der Waals surface area contributed by atoms with Crippen LogP contribution >= 0.6 is 0 Å². The van der Waals surface area contributed by atoms with Gasteiger partial charge in [-0.3, -0.25) is 9.63 Å². The third-order valence-corrected chi connectivity index (χ3v) is 1.49. The molecule has 6 nitrogen and oxygen atoms in total. The van der Waals surface area contributed by atoms with Crippen molar-refractivity contribution in [2.45, 2.75) is 19.1 Å². The van der Waals surface area contributed by atoms with E-state index in [-0.39, 0.29) is 6.54 Å². The lowest BCUT2D eigenvalue weighted by Crippen LogP contribution is -2.47. The van der Waals surface area contributed by atoms with Crippen molar-refractivity contribution in [2.24, 2.45) is 0 Å². The molecule has 1 unspecified atom stereocenters. The van der Waals surface area contributed by atoms with E-state index in [0.29, 0.717) is 0 Å². The maximum atomic E-state index is 11.7. The lowest BCUT2D eigenvalue weighted by molar-refractivity contribution is -0.190. The molecular formula is C8H13F3N2O4. The first kappa shape index (κ1) is 15.7. The average Bonchev–Trinajstić information content (AvgIpc) is 2.19. The first-order valence-electron chi connectivity index (χ1n) is 4.52. The number of carbonyl (C=O) groups excluding carboxylic acids is 2. The van der Waals surface area contributed by atoms with E-state index in [4.69, 9.17) is 0 Å². The molecule has 0 aromatic heterocycles. The zero-order chi connectivity index (χ0) is 13.5. The Morgan fingerprint density at radius 1 is 1.35 bits per heavy atom. The summed E-state index contributed by atoms with van der Waals surface area (Å²) in [4.78, 5) is 25.9. The minimum atomic E-state index is -4.47. The fraction of sp³-hybridized carbons (Fsp3) is 0.750. The van der Waals surface area contributed by atoms with Crippen LogP contribution in [0.3, 0.4) is 0 Å². The van der Waals surface area contributed by atoms with Crippen LogP contribution in [-0.2, 0) is 19.2 Å². The van der Waals surface area contributed by atoms with Crippen molar-refractivity contribution in [3.8, 4) is 0 Å². The molecule has 0 heterocycles. The van der Waals surface area contributed by atoms with Crippen molar-refractivity contribution in [3.05, 3.63) is 0 Å². The van der Waals surface area contributed by atoms with Gasteiger partial charge in [0.05, 0.1) is 13.7 Å². The third kappa shape index (κ3) is 8.46. The first-order valence-corrected chi connectivity index (χ1v) is 4.52. The largest absolute Gasteiger partial charge is 0.467 e. The number of halogens is 3. The van der Waals surface area contributed by atoms with Crippen molar-refractivity contribution in [1.29, 1.82) is 0 Å². The fourth-order valence-electron chi connectivity index (χ4n) is 0.856. The molecule has 0 rings (SSSR count). The highest BCUT2D eigenvalue weighted by atomic mass is 19.4. The van der Waals surface area contributed by atoms with Crippen molar-refractivity contribution >= 4 is 11.9 Å². The standard InChI is InChI=1S/C8H13F3N2O4/c1-5(14)13-6(7(15)16-2)3-12-17-4-8(9,10)11/h6,12H,3-4H2,1-2H3,(H,13,14). The van der Waals surface area contributed by atoms with Gasteiger partial charge in [-0.15, -0.1) is 0 Å². The highest BCUT2D eigenvalue weighted by molar-refractivity contribution is 5.83. The maximum absolute atomic E-state index is 11.7. The number of alkyl halides is 3. The zero-order valence-electron chi connectivity index (χ0n) is 9.26. The summed E-state index contributed by atoms with van der Waals surface area (Å²) in [6.45, 7) is -0.671. The van der Waals surface area contributed by atoms with Crippen LogP contribution in [-0.4, -0.2) is 44.4 Å². The highest BCUT2D eigenvalue weighted by Gasteiger charge is 2.28. The molecule has 9 heteroatoms. The fourth-order valence-corrected chi connectivity index (χ4v) is 0.856. The summed E-state index contributed by atoms with van der Waals surface area (Å²) in [5.41, 5.74) is 1.93. The average molecular weight is 258 g/mol. The van der Waals surface area contributed by atoms with E-state index in [2.05, 4.69) is 14.9 Å². The van der Waals surface area contributed by atoms with Gasteiger partial charge in [0.15, 0.2) is 6.61 Å². The van der Waals surface area contributed by atoms with Gasteiger partial charge in [0.1, 0.15) is 6.04 Å². The molecule has 0 aliphatic carbocycles. The van der Waals surface area contributed by atoms with E-state index < -0.39 is 30.7 Å². The summed E-state index contributed by atoms with van der Waals surface area (Å²) in [6.07, 6.45) is -4.47. The number of esters is 1. The van der Waals surface area contributed by atoms with Crippen LogP contribution in [0.1, 0.15) is 6.92 Å². The Balaban J connectivity index is 4.00. The Morgan fingerprint density at radius 2 is 1.94 bits per heavy atom. The van der Waals surface area contributed by atoms with Gasteiger partial charge in [0.2, 0.25) is 5.91 Å². The van der Waals surface area contributed by atoms with Gasteiger partial charge in [-0.05, 0) is 0 Å². The van der Waals surface area contributed by atoms with Gasteiger partial charge in [0.25, 0.3) is 0 Å². The Labute approximate surface area is 95.4 Å². The number of hydroxylamine groups is 1. The lowest BCUT2D eigenvalue weighted by atomic mass is 10.3. The minimum Gasteiger partial charge on any atom is -0.467 e. The summed E-state index contributed by atoms with van der Waals surface area (Å²) < 4.78 is 39.4. The third-order valence-electron chi connectivity index (χ3n) is 1.49. The second kappa shape index (κ2) is 7.07. The second-order valence-corrected chi connectivity index (χ2v) is 3.03. The van der Waals surface area contributed by atoms with Crippen molar-refractivity contribution in [2.75, 3.05) is 20.3 Å². The highest BCUT2D eigenvalue weighted by Crippen LogP contribution is 2.13. The molecule has 0 aliphatic rings. The predicted octanol–water partition coefficient (Wildman–Crippen LogP) is -0.252. The molecule has 0 bridgehead atoms. The van der Waals surface area contributed by atoms with Gasteiger partial charge in [-0.25, -0.2) is 4.79 Å². The van der Waals surface area contributed by atoms with Crippen molar-refractivity contribution in [1.82, 2.24) is 10.8 Å². The van der Waals surface area contributed by atoms with Crippen LogP contribution in [0, 0.1) is 0 Å². The topological polar surface area (TPSA) is 76.7 Å². The number of hydrogen-bond acceptors (Lipinski definition) is 5. The summed E-state index contributed by atoms with van der Waals surface area (Å²) >= 11 is 0. The molecule has 0 fully saturated rings. The maximum Gasteiger partial charge on any atom is 0.413 e. The number of methoxy groups -OCH3 is 1. The molecule has 0 saturated heterocycles. The van der Waals surface area contributed by atoms with E-state index in [9.17, 15) is 22.8 Å². The molecule has 1 amide bonds. The number of carbonyl (C=O) groups is 2. The quantitative estimate of drug-likeness (QED) is 0.390. The van der Waals surface area contributed by atoms with E-state index >= 15 is 0 Å². The van der Waals surface area contributed by atoms with E-state index in [0.717, 1.165) is 14.0 Å². The van der Waals surface area contributed by atoms with E-state index in [1.165, 1.54) is 0 Å². The Hall–Kier alpha value is -1.35. The number of amides is 1. The van der Waals surface area contributed by atoms with Gasteiger partial charge in [-0.2, -0.15) is 18.7 Å². The molecule has 0 aliphatic heterocycles. The van der Waals surface area contributed by atoms with Crippen LogP contribution in [0.2, 0.25) is 0 Å². The lowest BCUT2D eigenvalue weighted by Gasteiger charge is -2.16. The second-order valence-electron chi connectivity index (χ2n) is 3.03. The van der Waals surface area contributed by atoms with Crippen molar-refractivity contribution in [3.63, 3.8) is 0 Å². The van der Waals surface area contributed by atoms with Crippen LogP contribution in [0.15, 0.2) is 0 Å². The predicted molar refractivity (Wildman–Crippen MR) is 49.6 cm³/mol. The zero-order valence-corrected chi connectivity index (χ0v) is 9.26. The first-order chi connectivity index (χ1) is 7.76. The number of hydrogen-bond donors (Lipinski definition) is 2. The summed E-state index contributed by atoms with van der Waals surface area (Å²) in [5, 5.41) is 2.19. The van der Waals surface area contributed by atoms with Gasteiger partial charge in [-0.1, -0.05) is 0 Å². The van der Waals surface area contributed by atoms with Gasteiger partial charge < -0.3 is 10.1 Å². The molecule has 0 spiro atoms. The Morgan fingerprint density at radius 3 is 2.35 bits per heavy atom. The SMILES string of the molecule is COC(=O)C(CNOCC(F)(F)F)NC(C)=O. The van der Waals surface area contributed by atoms with Gasteiger partial charge in [0, 0.05) is 6.92 Å². The summed E-state index contributed by atoms with van der Waals surface area (Å²) in [5.74, 6) is -1.30. The summed E-state index contributed by atoms with van der Waals surface area (Å²) in [7, 11) is 1.09. The van der Waals surface area contributed by atoms with Crippen LogP contribution < -0.4 is 10.8 Å². The molecule has 100 valence electrons. The molecule has 2 N–H and O–H groups in total. The van der Waals surface area contributed by atoms with Crippen molar-refractivity contribution < 1.29 is 32.3 Å². The molecule has 1 atom stereocenters. The Kier molecular flexibility index (Phi) is 6.51. The van der Waals surface area contributed by atoms with Crippen LogP contribution in [0.5, 0.6) is 0 Å². The monoisotopic (exact) mass is 258 g/mol. The van der Waals surface area contributed by atoms with E-state index in [1.807, 2.05) is 5.48 Å². The molecule has 17 heavy (non-hydrogen) atoms. The Bertz CT molecular complexity index is 270. The number of nitrogens with one attached hydrogen (secondary N) is 2. The molecule has 0 aromatic carbocycles. The molecule has 0 saturated carbocycles. The normalized spacial score (nSPS) is 13.0. The number of ether oxygens (including phenoxy) is 1. The van der Waals surface area contributed by atoms with Crippen LogP contribution in [0.25, 0.3) is 0 Å². The summed E-state index contributed by atoms with van der Waals surface area (Å²) in [6, 6.07) is -1.11. The van der Waals surface area contributed by atoms with E-state index in [1.54, 1.807) is 0 Å². The van der Waals surface area contributed by atoms with Gasteiger partial charge >= 0.3 is 12.1 Å².